The van der Waals surface area contributed by atoms with E-state index in [-0.39, 0.29) is 11.5 Å². The van der Waals surface area contributed by atoms with Gasteiger partial charge in [-0.2, -0.15) is 0 Å². The van der Waals surface area contributed by atoms with E-state index in [0.717, 1.165) is 65.0 Å². The van der Waals surface area contributed by atoms with Gasteiger partial charge in [-0.05, 0) is 53.6 Å². The van der Waals surface area contributed by atoms with Gasteiger partial charge in [0.1, 0.15) is 12.3 Å². The average molecular weight is 424 g/mol. The monoisotopic (exact) mass is 423 g/mol. The molecule has 0 aromatic carbocycles. The largest absolute Gasteiger partial charge is 0.381 e. The highest BCUT2D eigenvalue weighted by atomic mass is 16.5. The van der Waals surface area contributed by atoms with Crippen molar-refractivity contribution in [1.29, 1.82) is 0 Å². The van der Waals surface area contributed by atoms with E-state index in [9.17, 15) is 0 Å². The van der Waals surface area contributed by atoms with Gasteiger partial charge in [0, 0.05) is 37.6 Å². The molecule has 2 heterocycles. The third-order valence-electron chi connectivity index (χ3n) is 6.88. The molecular formula is C23H43N4O3+. The molecule has 1 unspecified atom stereocenters. The molecule has 3 aliphatic rings. The first-order valence-electron chi connectivity index (χ1n) is 11.9. The predicted molar refractivity (Wildman–Crippen MR) is 121 cm³/mol. The zero-order valence-corrected chi connectivity index (χ0v) is 19.6. The van der Waals surface area contributed by atoms with E-state index in [1.54, 1.807) is 5.71 Å². The number of aliphatic imine (C=N–C) groups is 1. The van der Waals surface area contributed by atoms with Crippen LogP contribution in [0.2, 0.25) is 0 Å². The second-order valence-corrected chi connectivity index (χ2v) is 9.10. The van der Waals surface area contributed by atoms with Crippen molar-refractivity contribution in [3.63, 3.8) is 0 Å². The first kappa shape index (κ1) is 23.8. The van der Waals surface area contributed by atoms with Crippen molar-refractivity contribution in [2.24, 2.45) is 16.3 Å². The third kappa shape index (κ3) is 5.88. The maximum absolute atomic E-state index is 5.88. The molecule has 7 heteroatoms. The Morgan fingerprint density at radius 1 is 1.20 bits per heavy atom. The zero-order valence-electron chi connectivity index (χ0n) is 19.6. The minimum Gasteiger partial charge on any atom is -0.381 e. The van der Waals surface area contributed by atoms with Crippen LogP contribution in [0.25, 0.3) is 0 Å². The highest BCUT2D eigenvalue weighted by Gasteiger charge is 2.46. The Morgan fingerprint density at radius 3 is 2.53 bits per heavy atom. The van der Waals surface area contributed by atoms with Gasteiger partial charge in [-0.3, -0.25) is 0 Å². The van der Waals surface area contributed by atoms with Crippen LogP contribution in [0.4, 0.5) is 0 Å². The quantitative estimate of drug-likeness (QED) is 0.484. The van der Waals surface area contributed by atoms with Gasteiger partial charge in [-0.25, -0.2) is 4.58 Å². The standard InChI is InChI=1S/C23H43N4O3/c1-5-28-17-23(18-29-6-2)9-7-19(8-10-23)22-20(15-26(4)12-11-24-3)25-21-16-30-14-13-27(21)22/h19-20,24H,5-18H2,1-4H3/q+1. The van der Waals surface area contributed by atoms with E-state index in [2.05, 4.69) is 35.7 Å². The van der Waals surface area contributed by atoms with Gasteiger partial charge in [-0.1, -0.05) is 4.99 Å². The minimum atomic E-state index is 0.176. The number of fused-ring (bicyclic) bond motifs is 1. The second kappa shape index (κ2) is 11.7. The zero-order chi connectivity index (χ0) is 21.4. The van der Waals surface area contributed by atoms with Crippen molar-refractivity contribution >= 4 is 11.5 Å². The van der Waals surface area contributed by atoms with Crippen molar-refractivity contribution in [1.82, 2.24) is 10.2 Å². The van der Waals surface area contributed by atoms with Gasteiger partial charge in [0.05, 0.1) is 26.4 Å². The Balaban J connectivity index is 1.70. The molecule has 0 radical (unpaired) electrons. The molecule has 0 aromatic rings. The molecule has 1 saturated heterocycles. The van der Waals surface area contributed by atoms with Gasteiger partial charge in [0.15, 0.2) is 6.61 Å². The lowest BCUT2D eigenvalue weighted by Crippen LogP contribution is -2.45. The lowest BCUT2D eigenvalue weighted by molar-refractivity contribution is -0.430. The molecule has 0 amide bonds. The summed E-state index contributed by atoms with van der Waals surface area (Å²) < 4.78 is 20.0. The molecule has 2 fully saturated rings. The summed E-state index contributed by atoms with van der Waals surface area (Å²) in [5.74, 6) is 1.74. The Kier molecular flexibility index (Phi) is 9.26. The number of hydrogen-bond acceptors (Lipinski definition) is 6. The maximum Gasteiger partial charge on any atom is 0.319 e. The summed E-state index contributed by atoms with van der Waals surface area (Å²) in [6.45, 7) is 12.8. The van der Waals surface area contributed by atoms with E-state index >= 15 is 0 Å². The minimum absolute atomic E-state index is 0.176. The van der Waals surface area contributed by atoms with Crippen LogP contribution in [0.15, 0.2) is 4.99 Å². The van der Waals surface area contributed by atoms with Crippen LogP contribution in [0, 0.1) is 11.3 Å². The van der Waals surface area contributed by atoms with Crippen molar-refractivity contribution in [3.8, 4) is 0 Å². The molecule has 7 nitrogen and oxygen atoms in total. The van der Waals surface area contributed by atoms with Gasteiger partial charge in [0.2, 0.25) is 6.04 Å². The average Bonchev–Trinajstić information content (AvgIpc) is 3.13. The molecule has 172 valence electrons. The molecule has 2 aliphatic heterocycles. The van der Waals surface area contributed by atoms with Crippen molar-refractivity contribution in [2.45, 2.75) is 45.6 Å². The first-order chi connectivity index (χ1) is 14.6. The normalized spacial score (nSPS) is 24.4. The summed E-state index contributed by atoms with van der Waals surface area (Å²) >= 11 is 0. The van der Waals surface area contributed by atoms with Crippen molar-refractivity contribution in [3.05, 3.63) is 0 Å². The Labute approximate surface area is 182 Å². The lowest BCUT2D eigenvalue weighted by atomic mass is 9.69. The summed E-state index contributed by atoms with van der Waals surface area (Å²) in [6, 6.07) is 0.264. The summed E-state index contributed by atoms with van der Waals surface area (Å²) in [5.41, 5.74) is 1.72. The Hall–Kier alpha value is -0.860. The fourth-order valence-electron chi connectivity index (χ4n) is 5.15. The van der Waals surface area contributed by atoms with Gasteiger partial charge < -0.3 is 24.4 Å². The maximum atomic E-state index is 5.88. The summed E-state index contributed by atoms with van der Waals surface area (Å²) in [6.07, 6.45) is 4.74. The number of morpholine rings is 1. The van der Waals surface area contributed by atoms with Crippen molar-refractivity contribution in [2.75, 3.05) is 79.9 Å². The lowest BCUT2D eigenvalue weighted by Gasteiger charge is -2.40. The topological polar surface area (TPSA) is 58.3 Å². The molecule has 0 aromatic heterocycles. The summed E-state index contributed by atoms with van der Waals surface area (Å²) in [5, 5.41) is 3.25. The van der Waals surface area contributed by atoms with E-state index in [1.165, 1.54) is 25.7 Å². The van der Waals surface area contributed by atoms with Crippen LogP contribution in [0.5, 0.6) is 0 Å². The fraction of sp³-hybridized carbons (Fsp3) is 0.913. The van der Waals surface area contributed by atoms with E-state index in [4.69, 9.17) is 19.2 Å². The molecule has 1 aliphatic carbocycles. The highest BCUT2D eigenvalue weighted by Crippen LogP contribution is 2.41. The highest BCUT2D eigenvalue weighted by molar-refractivity contribution is 5.98. The van der Waals surface area contributed by atoms with E-state index in [0.29, 0.717) is 12.5 Å². The number of likely N-dealkylation sites (N-methyl/N-ethyl adjacent to an activating group) is 2. The molecule has 30 heavy (non-hydrogen) atoms. The molecule has 1 atom stereocenters. The number of nitrogens with one attached hydrogen (secondary N) is 1. The fourth-order valence-corrected chi connectivity index (χ4v) is 5.15. The Bertz CT molecular complexity index is 589. The SMILES string of the molecule is CCOCC1(COCC)CCC(C2=[N+]3CCOCC3=NC2CN(C)CCNC)CC1. The van der Waals surface area contributed by atoms with Crippen molar-refractivity contribution < 1.29 is 18.8 Å². The molecule has 1 N–H and O–H groups in total. The number of hydrogen-bond donors (Lipinski definition) is 1. The summed E-state index contributed by atoms with van der Waals surface area (Å²) in [4.78, 5) is 7.52. The number of rotatable bonds is 12. The van der Waals surface area contributed by atoms with Crippen LogP contribution in [0.1, 0.15) is 39.5 Å². The molecule has 1 saturated carbocycles. The number of ether oxygens (including phenoxy) is 3. The van der Waals surface area contributed by atoms with Crippen LogP contribution < -0.4 is 5.32 Å². The molecule has 3 rings (SSSR count). The smallest absolute Gasteiger partial charge is 0.319 e. The van der Waals surface area contributed by atoms with Gasteiger partial charge >= 0.3 is 5.84 Å². The number of nitrogens with zero attached hydrogens (tertiary/aromatic N) is 3. The third-order valence-corrected chi connectivity index (χ3v) is 6.88. The van der Waals surface area contributed by atoms with Crippen LogP contribution in [-0.4, -0.2) is 107 Å². The van der Waals surface area contributed by atoms with Gasteiger partial charge in [-0.15, -0.1) is 0 Å². The number of amidine groups is 1. The van der Waals surface area contributed by atoms with Crippen LogP contribution in [0.3, 0.4) is 0 Å². The predicted octanol–water partition coefficient (Wildman–Crippen LogP) is 1.65. The first-order valence-corrected chi connectivity index (χ1v) is 11.9. The van der Waals surface area contributed by atoms with Crippen LogP contribution in [-0.2, 0) is 14.2 Å². The Morgan fingerprint density at radius 2 is 1.90 bits per heavy atom. The second-order valence-electron chi connectivity index (χ2n) is 9.10. The molecule has 0 bridgehead atoms. The van der Waals surface area contributed by atoms with Crippen LogP contribution >= 0.6 is 0 Å². The molecular weight excluding hydrogens is 380 g/mol. The molecule has 0 spiro atoms. The van der Waals surface area contributed by atoms with Gasteiger partial charge in [0.25, 0.3) is 0 Å². The van der Waals surface area contributed by atoms with E-state index < -0.39 is 0 Å². The van der Waals surface area contributed by atoms with E-state index in [1.807, 2.05) is 7.05 Å². The summed E-state index contributed by atoms with van der Waals surface area (Å²) in [7, 11) is 4.22.